The summed E-state index contributed by atoms with van der Waals surface area (Å²) in [7, 11) is 0. The lowest BCUT2D eigenvalue weighted by Gasteiger charge is -2.14. The molecule has 0 spiro atoms. The number of carbonyl (C=O) groups excluding carboxylic acids is 1. The van der Waals surface area contributed by atoms with E-state index < -0.39 is 0 Å². The summed E-state index contributed by atoms with van der Waals surface area (Å²) in [6.07, 6.45) is 3.63. The number of carbonyl (C=O) groups is 1. The molecule has 5 nitrogen and oxygen atoms in total. The summed E-state index contributed by atoms with van der Waals surface area (Å²) >= 11 is 5.94. The summed E-state index contributed by atoms with van der Waals surface area (Å²) in [6, 6.07) is 13.2. The van der Waals surface area contributed by atoms with Crippen LogP contribution in [0.4, 0.5) is 4.79 Å². The van der Waals surface area contributed by atoms with Crippen LogP contribution in [0, 0.1) is 0 Å². The van der Waals surface area contributed by atoms with Crippen molar-refractivity contribution in [3.05, 3.63) is 71.1 Å². The average Bonchev–Trinajstić information content (AvgIpc) is 2.95. The molecule has 3 aromatic rings. The summed E-state index contributed by atoms with van der Waals surface area (Å²) in [5, 5.41) is 6.36. The van der Waals surface area contributed by atoms with Crippen LogP contribution in [-0.4, -0.2) is 15.4 Å². The van der Waals surface area contributed by atoms with Gasteiger partial charge in [0.1, 0.15) is 5.65 Å². The molecular formula is C17H17ClN4O. The molecule has 23 heavy (non-hydrogen) atoms. The summed E-state index contributed by atoms with van der Waals surface area (Å²) in [6.45, 7) is 2.30. The van der Waals surface area contributed by atoms with Gasteiger partial charge in [0.25, 0.3) is 0 Å². The van der Waals surface area contributed by atoms with Gasteiger partial charge in [0.2, 0.25) is 0 Å². The van der Waals surface area contributed by atoms with Crippen LogP contribution in [0.1, 0.15) is 24.2 Å². The van der Waals surface area contributed by atoms with E-state index in [1.807, 2.05) is 53.9 Å². The minimum Gasteiger partial charge on any atom is -0.332 e. The number of imidazole rings is 1. The Kier molecular flexibility index (Phi) is 4.48. The monoisotopic (exact) mass is 328 g/mol. The fourth-order valence-corrected chi connectivity index (χ4v) is 2.51. The predicted molar refractivity (Wildman–Crippen MR) is 90.4 cm³/mol. The average molecular weight is 329 g/mol. The van der Waals surface area contributed by atoms with Crippen LogP contribution in [0.5, 0.6) is 0 Å². The third-order valence-electron chi connectivity index (χ3n) is 3.54. The van der Waals surface area contributed by atoms with Gasteiger partial charge in [-0.25, -0.2) is 9.78 Å². The van der Waals surface area contributed by atoms with Gasteiger partial charge in [-0.05, 0) is 24.6 Å². The zero-order valence-corrected chi connectivity index (χ0v) is 13.4. The van der Waals surface area contributed by atoms with Crippen molar-refractivity contribution < 1.29 is 4.79 Å². The van der Waals surface area contributed by atoms with Crippen molar-refractivity contribution in [1.29, 1.82) is 0 Å². The van der Waals surface area contributed by atoms with Gasteiger partial charge in [0.15, 0.2) is 0 Å². The zero-order chi connectivity index (χ0) is 16.2. The quantitative estimate of drug-likeness (QED) is 0.769. The van der Waals surface area contributed by atoms with E-state index in [0.717, 1.165) is 16.9 Å². The number of nitrogens with zero attached hydrogens (tertiary/aromatic N) is 2. The Bertz CT molecular complexity index is 816. The number of hydrogen-bond acceptors (Lipinski definition) is 2. The molecule has 1 aromatic carbocycles. The summed E-state index contributed by atoms with van der Waals surface area (Å²) in [4.78, 5) is 16.4. The van der Waals surface area contributed by atoms with Crippen molar-refractivity contribution >= 4 is 23.3 Å². The molecule has 0 fully saturated rings. The second kappa shape index (κ2) is 6.71. The van der Waals surface area contributed by atoms with E-state index in [1.54, 1.807) is 12.3 Å². The second-order valence-electron chi connectivity index (χ2n) is 5.30. The van der Waals surface area contributed by atoms with Gasteiger partial charge in [-0.2, -0.15) is 0 Å². The van der Waals surface area contributed by atoms with Crippen LogP contribution < -0.4 is 10.6 Å². The van der Waals surface area contributed by atoms with Crippen LogP contribution >= 0.6 is 11.6 Å². The number of benzene rings is 1. The van der Waals surface area contributed by atoms with Crippen LogP contribution in [0.15, 0.2) is 54.9 Å². The van der Waals surface area contributed by atoms with Gasteiger partial charge in [-0.3, -0.25) is 0 Å². The molecule has 0 radical (unpaired) electrons. The second-order valence-corrected chi connectivity index (χ2v) is 5.74. The fraction of sp³-hybridized carbons (Fsp3) is 0.176. The van der Waals surface area contributed by atoms with E-state index in [9.17, 15) is 4.79 Å². The maximum Gasteiger partial charge on any atom is 0.315 e. The molecule has 2 aromatic heterocycles. The summed E-state index contributed by atoms with van der Waals surface area (Å²) in [5.41, 5.74) is 2.63. The molecule has 6 heteroatoms. The lowest BCUT2D eigenvalue weighted by atomic mass is 10.1. The minimum absolute atomic E-state index is 0.0592. The van der Waals surface area contributed by atoms with Crippen molar-refractivity contribution in [3.8, 4) is 0 Å². The first-order valence-electron chi connectivity index (χ1n) is 7.34. The van der Waals surface area contributed by atoms with Crippen LogP contribution in [0.2, 0.25) is 5.02 Å². The Morgan fingerprint density at radius 3 is 2.78 bits per heavy atom. The van der Waals surface area contributed by atoms with E-state index in [0.29, 0.717) is 11.6 Å². The minimum atomic E-state index is -0.226. The SMILES string of the molecule is C[C@@H](NC(=O)NCc1cn2cc(Cl)ccc2n1)c1ccccc1. The predicted octanol–water partition coefficient (Wildman–Crippen LogP) is 3.55. The van der Waals surface area contributed by atoms with Crippen molar-refractivity contribution in [2.75, 3.05) is 0 Å². The highest BCUT2D eigenvalue weighted by molar-refractivity contribution is 6.30. The molecule has 0 aliphatic heterocycles. The highest BCUT2D eigenvalue weighted by Gasteiger charge is 2.09. The Hall–Kier alpha value is -2.53. The first-order chi connectivity index (χ1) is 11.1. The topological polar surface area (TPSA) is 58.4 Å². The van der Waals surface area contributed by atoms with Crippen LogP contribution in [0.3, 0.4) is 0 Å². The maximum absolute atomic E-state index is 12.0. The first kappa shape index (κ1) is 15.4. The van der Waals surface area contributed by atoms with E-state index in [1.165, 1.54) is 0 Å². The number of urea groups is 1. The van der Waals surface area contributed by atoms with Crippen LogP contribution in [0.25, 0.3) is 5.65 Å². The van der Waals surface area contributed by atoms with E-state index in [4.69, 9.17) is 11.6 Å². The van der Waals surface area contributed by atoms with Crippen molar-refractivity contribution in [2.24, 2.45) is 0 Å². The maximum atomic E-state index is 12.0. The number of aromatic nitrogens is 2. The molecule has 1 atom stereocenters. The number of halogens is 1. The molecule has 118 valence electrons. The molecule has 2 heterocycles. The van der Waals surface area contributed by atoms with Gasteiger partial charge in [0.05, 0.1) is 23.3 Å². The first-order valence-corrected chi connectivity index (χ1v) is 7.72. The number of amides is 2. The Labute approximate surface area is 139 Å². The Balaban J connectivity index is 1.57. The van der Waals surface area contributed by atoms with Crippen molar-refractivity contribution in [2.45, 2.75) is 19.5 Å². The molecule has 2 N–H and O–H groups in total. The van der Waals surface area contributed by atoms with Gasteiger partial charge >= 0.3 is 6.03 Å². The molecule has 0 bridgehead atoms. The molecular weight excluding hydrogens is 312 g/mol. The van der Waals surface area contributed by atoms with Gasteiger partial charge in [-0.1, -0.05) is 41.9 Å². The molecule has 0 saturated carbocycles. The number of nitrogens with one attached hydrogen (secondary N) is 2. The van der Waals surface area contributed by atoms with E-state index in [2.05, 4.69) is 15.6 Å². The molecule has 0 aliphatic rings. The van der Waals surface area contributed by atoms with Gasteiger partial charge in [0, 0.05) is 12.4 Å². The molecule has 0 aliphatic carbocycles. The van der Waals surface area contributed by atoms with Crippen LogP contribution in [-0.2, 0) is 6.54 Å². The molecule has 0 unspecified atom stereocenters. The normalized spacial score (nSPS) is 12.1. The Morgan fingerprint density at radius 1 is 1.22 bits per heavy atom. The molecule has 3 rings (SSSR count). The smallest absolute Gasteiger partial charge is 0.315 e. The third-order valence-corrected chi connectivity index (χ3v) is 3.77. The zero-order valence-electron chi connectivity index (χ0n) is 12.7. The van der Waals surface area contributed by atoms with E-state index >= 15 is 0 Å². The summed E-state index contributed by atoms with van der Waals surface area (Å²) < 4.78 is 1.84. The Morgan fingerprint density at radius 2 is 2.00 bits per heavy atom. The van der Waals surface area contributed by atoms with Gasteiger partial charge < -0.3 is 15.0 Å². The fourth-order valence-electron chi connectivity index (χ4n) is 2.35. The largest absolute Gasteiger partial charge is 0.332 e. The number of fused-ring (bicyclic) bond motifs is 1. The lowest BCUT2D eigenvalue weighted by Crippen LogP contribution is -2.36. The number of pyridine rings is 1. The lowest BCUT2D eigenvalue weighted by molar-refractivity contribution is 0.237. The van der Waals surface area contributed by atoms with E-state index in [-0.39, 0.29) is 12.1 Å². The van der Waals surface area contributed by atoms with Gasteiger partial charge in [-0.15, -0.1) is 0 Å². The third kappa shape index (κ3) is 3.81. The number of hydrogen-bond donors (Lipinski definition) is 2. The highest BCUT2D eigenvalue weighted by Crippen LogP contribution is 2.12. The van der Waals surface area contributed by atoms with Crippen molar-refractivity contribution in [3.63, 3.8) is 0 Å². The summed E-state index contributed by atoms with van der Waals surface area (Å²) in [5.74, 6) is 0. The van der Waals surface area contributed by atoms with Crippen molar-refractivity contribution in [1.82, 2.24) is 20.0 Å². The number of rotatable bonds is 4. The highest BCUT2D eigenvalue weighted by atomic mass is 35.5. The molecule has 2 amide bonds. The standard InChI is InChI=1S/C17H17ClN4O/c1-12(13-5-3-2-4-6-13)20-17(23)19-9-15-11-22-10-14(18)7-8-16(22)21-15/h2-8,10-12H,9H2,1H3,(H2,19,20,23)/t12-/m1/s1. The molecule has 0 saturated heterocycles.